The minimum Gasteiger partial charge on any atom is -0.406 e. The molecule has 0 aromatic heterocycles. The zero-order chi connectivity index (χ0) is 15.8. The van der Waals surface area contributed by atoms with Crippen LogP contribution >= 0.6 is 0 Å². The fourth-order valence-corrected chi connectivity index (χ4v) is 2.72. The third kappa shape index (κ3) is 3.06. The van der Waals surface area contributed by atoms with Crippen molar-refractivity contribution in [3.05, 3.63) is 29.8 Å². The van der Waals surface area contributed by atoms with Gasteiger partial charge < -0.3 is 15.4 Å². The van der Waals surface area contributed by atoms with Gasteiger partial charge in [0.25, 0.3) is 0 Å². The number of hydrogen-bond acceptors (Lipinski definition) is 4. The van der Waals surface area contributed by atoms with E-state index in [4.69, 9.17) is 5.73 Å². The molecule has 1 aromatic carbocycles. The summed E-state index contributed by atoms with van der Waals surface area (Å²) in [5.74, 6) is 0.209. The first-order chi connectivity index (χ1) is 9.63. The lowest BCUT2D eigenvalue weighted by molar-refractivity contribution is -0.274. The number of alkyl halides is 3. The molecule has 0 bridgehead atoms. The predicted octanol–water partition coefficient (Wildman–Crippen LogP) is 2.84. The number of guanidine groups is 1. The maximum Gasteiger partial charge on any atom is 0.573 e. The van der Waals surface area contributed by atoms with Crippen LogP contribution in [0.5, 0.6) is 5.75 Å². The fraction of sp³-hybridized carbons (Fsp3) is 0.500. The fourth-order valence-electron chi connectivity index (χ4n) is 2.72. The first-order valence-electron chi connectivity index (χ1n) is 6.59. The van der Waals surface area contributed by atoms with Crippen LogP contribution in [-0.4, -0.2) is 29.8 Å². The number of nitrogens with two attached hydrogens (primary N) is 1. The molecule has 0 spiro atoms. The average Bonchev–Trinajstić information content (AvgIpc) is 2.65. The van der Waals surface area contributed by atoms with Gasteiger partial charge in [0.15, 0.2) is 5.96 Å². The predicted molar refractivity (Wildman–Crippen MR) is 73.9 cm³/mol. The molecular formula is C14H18F3N3O. The van der Waals surface area contributed by atoms with Crippen LogP contribution in [0, 0.1) is 0 Å². The molecular weight excluding hydrogens is 283 g/mol. The molecule has 0 amide bonds. The van der Waals surface area contributed by atoms with Crippen molar-refractivity contribution in [3.63, 3.8) is 0 Å². The highest BCUT2D eigenvalue weighted by Crippen LogP contribution is 2.35. The van der Waals surface area contributed by atoms with E-state index in [1.807, 2.05) is 25.7 Å². The zero-order valence-electron chi connectivity index (χ0n) is 12.1. The number of rotatable bonds is 3. The van der Waals surface area contributed by atoms with E-state index in [-0.39, 0.29) is 11.8 Å². The number of aliphatic imine (C=N–C) groups is 1. The second kappa shape index (κ2) is 5.13. The van der Waals surface area contributed by atoms with Crippen LogP contribution < -0.4 is 10.5 Å². The average molecular weight is 301 g/mol. The van der Waals surface area contributed by atoms with Gasteiger partial charge >= 0.3 is 6.36 Å². The van der Waals surface area contributed by atoms with Gasteiger partial charge in [0, 0.05) is 6.04 Å². The van der Waals surface area contributed by atoms with E-state index in [1.165, 1.54) is 12.1 Å². The lowest BCUT2D eigenvalue weighted by Gasteiger charge is -2.39. The molecule has 1 aromatic rings. The number of halogens is 3. The normalized spacial score (nSPS) is 22.6. The molecule has 1 aliphatic rings. The zero-order valence-corrected chi connectivity index (χ0v) is 12.1. The first-order valence-corrected chi connectivity index (χ1v) is 6.59. The van der Waals surface area contributed by atoms with E-state index >= 15 is 0 Å². The van der Waals surface area contributed by atoms with Crippen molar-refractivity contribution in [1.82, 2.24) is 4.90 Å². The molecule has 0 radical (unpaired) electrons. The molecule has 1 atom stereocenters. The topological polar surface area (TPSA) is 50.8 Å². The highest BCUT2D eigenvalue weighted by molar-refractivity contribution is 5.81. The van der Waals surface area contributed by atoms with Gasteiger partial charge in [0.1, 0.15) is 5.75 Å². The Morgan fingerprint density at radius 2 is 1.86 bits per heavy atom. The highest BCUT2D eigenvalue weighted by Gasteiger charge is 2.41. The largest absolute Gasteiger partial charge is 0.573 e. The van der Waals surface area contributed by atoms with Gasteiger partial charge in [-0.05, 0) is 38.5 Å². The van der Waals surface area contributed by atoms with Crippen LogP contribution in [-0.2, 0) is 5.54 Å². The molecule has 1 heterocycles. The maximum absolute atomic E-state index is 12.2. The number of benzene rings is 1. The minimum absolute atomic E-state index is 0.132. The quantitative estimate of drug-likeness (QED) is 0.934. The van der Waals surface area contributed by atoms with Gasteiger partial charge in [-0.3, -0.25) is 4.99 Å². The third-order valence-corrected chi connectivity index (χ3v) is 3.55. The lowest BCUT2D eigenvalue weighted by Crippen LogP contribution is -2.50. The molecule has 21 heavy (non-hydrogen) atoms. The molecule has 1 aliphatic heterocycles. The van der Waals surface area contributed by atoms with Crippen molar-refractivity contribution in [2.24, 2.45) is 10.7 Å². The molecule has 2 rings (SSSR count). The summed E-state index contributed by atoms with van der Waals surface area (Å²) >= 11 is 0. The first kappa shape index (κ1) is 15.5. The summed E-state index contributed by atoms with van der Waals surface area (Å²) in [6.07, 6.45) is -4.68. The van der Waals surface area contributed by atoms with E-state index < -0.39 is 11.9 Å². The summed E-state index contributed by atoms with van der Waals surface area (Å²) in [7, 11) is 0. The smallest absolute Gasteiger partial charge is 0.406 e. The van der Waals surface area contributed by atoms with Crippen LogP contribution in [0.2, 0.25) is 0 Å². The van der Waals surface area contributed by atoms with Crippen LogP contribution in [0.4, 0.5) is 13.2 Å². The Morgan fingerprint density at radius 3 is 2.33 bits per heavy atom. The van der Waals surface area contributed by atoms with E-state index in [0.717, 1.165) is 5.56 Å². The van der Waals surface area contributed by atoms with Crippen molar-refractivity contribution >= 4 is 5.96 Å². The molecule has 116 valence electrons. The lowest BCUT2D eigenvalue weighted by atomic mass is 9.90. The Balaban J connectivity index is 2.26. The maximum atomic E-state index is 12.2. The van der Waals surface area contributed by atoms with Gasteiger partial charge in [-0.25, -0.2) is 0 Å². The Morgan fingerprint density at radius 1 is 1.29 bits per heavy atom. The second-order valence-electron chi connectivity index (χ2n) is 5.48. The number of ether oxygens (including phenoxy) is 1. The highest BCUT2D eigenvalue weighted by atomic mass is 19.4. The van der Waals surface area contributed by atoms with Crippen LogP contribution in [0.15, 0.2) is 29.3 Å². The molecule has 0 saturated carbocycles. The van der Waals surface area contributed by atoms with Crippen molar-refractivity contribution in [2.75, 3.05) is 6.54 Å². The monoisotopic (exact) mass is 301 g/mol. The molecule has 4 nitrogen and oxygen atoms in total. The van der Waals surface area contributed by atoms with E-state index in [0.29, 0.717) is 12.5 Å². The standard InChI is InChI=1S/C14H18F3N3O/c1-9(2)20-12(18)19-8-13(20,3)10-4-6-11(7-5-10)21-14(15,16)17/h4-7,9H,8H2,1-3H3,(H2,18,19). The Hall–Kier alpha value is -1.92. The second-order valence-corrected chi connectivity index (χ2v) is 5.48. The van der Waals surface area contributed by atoms with Gasteiger partial charge in [-0.1, -0.05) is 12.1 Å². The summed E-state index contributed by atoms with van der Waals surface area (Å²) < 4.78 is 40.4. The van der Waals surface area contributed by atoms with Gasteiger partial charge in [0.05, 0.1) is 12.1 Å². The van der Waals surface area contributed by atoms with Crippen LogP contribution in [0.1, 0.15) is 26.3 Å². The van der Waals surface area contributed by atoms with E-state index in [2.05, 4.69) is 9.73 Å². The Kier molecular flexibility index (Phi) is 3.78. The van der Waals surface area contributed by atoms with Gasteiger partial charge in [-0.15, -0.1) is 13.2 Å². The van der Waals surface area contributed by atoms with Crippen LogP contribution in [0.25, 0.3) is 0 Å². The van der Waals surface area contributed by atoms with Crippen molar-refractivity contribution in [1.29, 1.82) is 0 Å². The summed E-state index contributed by atoms with van der Waals surface area (Å²) in [5.41, 5.74) is 6.29. The van der Waals surface area contributed by atoms with Crippen molar-refractivity contribution in [2.45, 2.75) is 38.7 Å². The van der Waals surface area contributed by atoms with Crippen LogP contribution in [0.3, 0.4) is 0 Å². The summed E-state index contributed by atoms with van der Waals surface area (Å²) in [4.78, 5) is 6.22. The summed E-state index contributed by atoms with van der Waals surface area (Å²) in [5, 5.41) is 0. The summed E-state index contributed by atoms with van der Waals surface area (Å²) in [6.45, 7) is 6.42. The third-order valence-electron chi connectivity index (χ3n) is 3.55. The van der Waals surface area contributed by atoms with E-state index in [1.54, 1.807) is 12.1 Å². The number of nitrogens with zero attached hydrogens (tertiary/aromatic N) is 2. The van der Waals surface area contributed by atoms with Crippen molar-refractivity contribution in [3.8, 4) is 5.75 Å². The van der Waals surface area contributed by atoms with Gasteiger partial charge in [-0.2, -0.15) is 0 Å². The SMILES string of the molecule is CC(C)N1C(N)=NCC1(C)c1ccc(OC(F)(F)F)cc1. The number of hydrogen-bond donors (Lipinski definition) is 1. The van der Waals surface area contributed by atoms with Crippen molar-refractivity contribution < 1.29 is 17.9 Å². The minimum atomic E-state index is -4.68. The Bertz CT molecular complexity index is 539. The molecule has 2 N–H and O–H groups in total. The molecule has 0 aliphatic carbocycles. The van der Waals surface area contributed by atoms with Gasteiger partial charge in [0.2, 0.25) is 0 Å². The molecule has 1 unspecified atom stereocenters. The molecule has 7 heteroatoms. The van der Waals surface area contributed by atoms with E-state index in [9.17, 15) is 13.2 Å². The Labute approximate surface area is 121 Å². The molecule has 0 saturated heterocycles. The summed E-state index contributed by atoms with van der Waals surface area (Å²) in [6, 6.07) is 5.98. The molecule has 0 fully saturated rings.